The molecule has 0 fully saturated rings. The summed E-state index contributed by atoms with van der Waals surface area (Å²) in [6.07, 6.45) is 5.62. The number of hydrogen-bond acceptors (Lipinski definition) is 2. The maximum absolute atomic E-state index is 12.2. The van der Waals surface area contributed by atoms with Crippen molar-refractivity contribution in [2.24, 2.45) is 7.05 Å². The van der Waals surface area contributed by atoms with Gasteiger partial charge in [-0.1, -0.05) is 42.5 Å². The fourth-order valence-electron chi connectivity index (χ4n) is 2.63. The van der Waals surface area contributed by atoms with Crippen molar-refractivity contribution in [1.82, 2.24) is 9.78 Å². The van der Waals surface area contributed by atoms with Crippen LogP contribution in [0.5, 0.6) is 0 Å². The SMILES string of the molecule is Cn1cc(CCC(=O)Cc2cccc3ccccc23)cn1. The van der Waals surface area contributed by atoms with Crippen LogP contribution < -0.4 is 0 Å². The minimum atomic E-state index is 0.273. The van der Waals surface area contributed by atoms with E-state index in [0.717, 1.165) is 17.5 Å². The highest BCUT2D eigenvalue weighted by Gasteiger charge is 2.08. The van der Waals surface area contributed by atoms with Gasteiger partial charge in [0.15, 0.2) is 0 Å². The Morgan fingerprint density at radius 2 is 1.95 bits per heavy atom. The summed E-state index contributed by atoms with van der Waals surface area (Å²) in [4.78, 5) is 12.2. The maximum Gasteiger partial charge on any atom is 0.137 e. The van der Waals surface area contributed by atoms with E-state index in [2.05, 4.69) is 23.3 Å². The highest BCUT2D eigenvalue weighted by atomic mass is 16.1. The van der Waals surface area contributed by atoms with Crippen molar-refractivity contribution in [3.63, 3.8) is 0 Å². The van der Waals surface area contributed by atoms with Crippen LogP contribution in [0.25, 0.3) is 10.8 Å². The zero-order chi connectivity index (χ0) is 14.7. The second-order valence-corrected chi connectivity index (χ2v) is 5.38. The number of benzene rings is 2. The van der Waals surface area contributed by atoms with Crippen LogP contribution in [-0.4, -0.2) is 15.6 Å². The molecule has 0 radical (unpaired) electrons. The van der Waals surface area contributed by atoms with E-state index in [1.54, 1.807) is 4.68 Å². The van der Waals surface area contributed by atoms with Gasteiger partial charge in [0.2, 0.25) is 0 Å². The molecule has 0 N–H and O–H groups in total. The van der Waals surface area contributed by atoms with E-state index in [1.807, 2.05) is 43.7 Å². The van der Waals surface area contributed by atoms with Gasteiger partial charge in [0, 0.05) is 26.1 Å². The Bertz CT molecular complexity index is 768. The molecule has 0 amide bonds. The maximum atomic E-state index is 12.2. The average Bonchev–Trinajstić information content (AvgIpc) is 2.91. The van der Waals surface area contributed by atoms with Gasteiger partial charge in [-0.05, 0) is 28.3 Å². The number of nitrogens with zero attached hydrogens (tertiary/aromatic N) is 2. The summed E-state index contributed by atoms with van der Waals surface area (Å²) >= 11 is 0. The van der Waals surface area contributed by atoms with Gasteiger partial charge in [-0.2, -0.15) is 5.10 Å². The summed E-state index contributed by atoms with van der Waals surface area (Å²) in [5, 5.41) is 6.49. The fourth-order valence-corrected chi connectivity index (χ4v) is 2.63. The van der Waals surface area contributed by atoms with Crippen LogP contribution in [-0.2, 0) is 24.7 Å². The number of carbonyl (C=O) groups excluding carboxylic acids is 1. The van der Waals surface area contributed by atoms with E-state index < -0.39 is 0 Å². The van der Waals surface area contributed by atoms with Crippen molar-refractivity contribution in [2.75, 3.05) is 0 Å². The Balaban J connectivity index is 1.69. The minimum Gasteiger partial charge on any atom is -0.299 e. The van der Waals surface area contributed by atoms with Gasteiger partial charge < -0.3 is 0 Å². The lowest BCUT2D eigenvalue weighted by Crippen LogP contribution is -2.04. The third-order valence-corrected chi connectivity index (χ3v) is 3.72. The van der Waals surface area contributed by atoms with Gasteiger partial charge in [0.05, 0.1) is 6.20 Å². The van der Waals surface area contributed by atoms with E-state index in [-0.39, 0.29) is 5.78 Å². The van der Waals surface area contributed by atoms with Crippen molar-refractivity contribution in [3.05, 3.63) is 66.0 Å². The molecule has 106 valence electrons. The number of aromatic nitrogens is 2. The highest BCUT2D eigenvalue weighted by molar-refractivity contribution is 5.90. The first kappa shape index (κ1) is 13.6. The Kier molecular flexibility index (Phi) is 3.82. The van der Waals surface area contributed by atoms with Crippen LogP contribution in [0.4, 0.5) is 0 Å². The van der Waals surface area contributed by atoms with Gasteiger partial charge >= 0.3 is 0 Å². The van der Waals surface area contributed by atoms with Gasteiger partial charge in [0.1, 0.15) is 5.78 Å². The molecule has 0 saturated heterocycles. The van der Waals surface area contributed by atoms with Crippen LogP contribution in [0.2, 0.25) is 0 Å². The van der Waals surface area contributed by atoms with Gasteiger partial charge in [-0.25, -0.2) is 0 Å². The second kappa shape index (κ2) is 5.92. The molecule has 0 aliphatic heterocycles. The molecular weight excluding hydrogens is 260 g/mol. The number of rotatable bonds is 5. The van der Waals surface area contributed by atoms with Gasteiger partial charge in [-0.3, -0.25) is 9.48 Å². The smallest absolute Gasteiger partial charge is 0.137 e. The number of aryl methyl sites for hydroxylation is 2. The third-order valence-electron chi connectivity index (χ3n) is 3.72. The van der Waals surface area contributed by atoms with Crippen LogP contribution in [0.3, 0.4) is 0 Å². The zero-order valence-corrected chi connectivity index (χ0v) is 12.1. The first-order valence-corrected chi connectivity index (χ1v) is 7.18. The molecule has 1 aromatic heterocycles. The van der Waals surface area contributed by atoms with E-state index in [4.69, 9.17) is 0 Å². The lowest BCUT2D eigenvalue weighted by molar-refractivity contribution is -0.118. The molecule has 0 unspecified atom stereocenters. The molecule has 3 aromatic rings. The largest absolute Gasteiger partial charge is 0.299 e. The molecule has 3 rings (SSSR count). The van der Waals surface area contributed by atoms with Crippen molar-refractivity contribution < 1.29 is 4.79 Å². The number of hydrogen-bond donors (Lipinski definition) is 0. The lowest BCUT2D eigenvalue weighted by Gasteiger charge is -2.05. The first-order chi connectivity index (χ1) is 10.2. The molecule has 0 spiro atoms. The molecule has 0 aliphatic carbocycles. The molecule has 0 bridgehead atoms. The number of fused-ring (bicyclic) bond motifs is 1. The molecule has 0 atom stereocenters. The molecule has 2 aromatic carbocycles. The van der Waals surface area contributed by atoms with Gasteiger partial charge in [-0.15, -0.1) is 0 Å². The van der Waals surface area contributed by atoms with E-state index >= 15 is 0 Å². The highest BCUT2D eigenvalue weighted by Crippen LogP contribution is 2.19. The minimum absolute atomic E-state index is 0.273. The van der Waals surface area contributed by atoms with Crippen molar-refractivity contribution in [3.8, 4) is 0 Å². The normalized spacial score (nSPS) is 10.9. The number of carbonyl (C=O) groups is 1. The molecule has 3 heteroatoms. The fraction of sp³-hybridized carbons (Fsp3) is 0.222. The lowest BCUT2D eigenvalue weighted by atomic mass is 9.98. The summed E-state index contributed by atoms with van der Waals surface area (Å²) < 4.78 is 1.77. The molecule has 3 nitrogen and oxygen atoms in total. The predicted octanol–water partition coefficient (Wildman–Crippen LogP) is 3.32. The molecule has 21 heavy (non-hydrogen) atoms. The number of Topliss-reactive ketones (excluding diaryl/α,β-unsaturated/α-hetero) is 1. The van der Waals surface area contributed by atoms with E-state index in [1.165, 1.54) is 10.8 Å². The molecule has 0 saturated carbocycles. The van der Waals surface area contributed by atoms with Crippen LogP contribution in [0.1, 0.15) is 17.5 Å². The van der Waals surface area contributed by atoms with E-state index in [9.17, 15) is 4.79 Å². The summed E-state index contributed by atoms with van der Waals surface area (Å²) in [5.41, 5.74) is 2.23. The Morgan fingerprint density at radius 1 is 1.14 bits per heavy atom. The van der Waals surface area contributed by atoms with Crippen LogP contribution >= 0.6 is 0 Å². The quantitative estimate of drug-likeness (QED) is 0.717. The first-order valence-electron chi connectivity index (χ1n) is 7.18. The summed E-state index contributed by atoms with van der Waals surface area (Å²) in [7, 11) is 1.89. The van der Waals surface area contributed by atoms with E-state index in [0.29, 0.717) is 12.8 Å². The second-order valence-electron chi connectivity index (χ2n) is 5.38. The standard InChI is InChI=1S/C18H18N2O/c1-20-13-14(12-19-20)9-10-17(21)11-16-7-4-6-15-5-2-3-8-18(15)16/h2-8,12-13H,9-11H2,1H3. The van der Waals surface area contributed by atoms with Crippen LogP contribution in [0.15, 0.2) is 54.9 Å². The molecular formula is C18H18N2O. The molecule has 0 aliphatic rings. The van der Waals surface area contributed by atoms with Gasteiger partial charge in [0.25, 0.3) is 0 Å². The molecule has 1 heterocycles. The van der Waals surface area contributed by atoms with Crippen molar-refractivity contribution in [1.29, 1.82) is 0 Å². The number of ketones is 1. The average molecular weight is 278 g/mol. The zero-order valence-electron chi connectivity index (χ0n) is 12.1. The Morgan fingerprint density at radius 3 is 2.76 bits per heavy atom. The topological polar surface area (TPSA) is 34.9 Å². The summed E-state index contributed by atoms with van der Waals surface area (Å²) in [6, 6.07) is 14.4. The monoisotopic (exact) mass is 278 g/mol. The Labute approximate surface area is 124 Å². The van der Waals surface area contributed by atoms with Crippen LogP contribution in [0, 0.1) is 0 Å². The van der Waals surface area contributed by atoms with Crippen molar-refractivity contribution in [2.45, 2.75) is 19.3 Å². The third kappa shape index (κ3) is 3.19. The van der Waals surface area contributed by atoms with Crippen molar-refractivity contribution >= 4 is 16.6 Å². The predicted molar refractivity (Wildman–Crippen MR) is 84.2 cm³/mol. The summed E-state index contributed by atoms with van der Waals surface area (Å²) in [6.45, 7) is 0. The summed E-state index contributed by atoms with van der Waals surface area (Å²) in [5.74, 6) is 0.273. The Hall–Kier alpha value is -2.42.